The zero-order chi connectivity index (χ0) is 21.9. The van der Waals surface area contributed by atoms with Gasteiger partial charge in [-0.15, -0.1) is 0 Å². The number of sulfonamides is 1. The zero-order valence-corrected chi connectivity index (χ0v) is 18.9. The molecule has 1 fully saturated rings. The number of hydrogen-bond donors (Lipinski definition) is 1. The number of para-hydroxylation sites is 1. The lowest BCUT2D eigenvalue weighted by Crippen LogP contribution is -2.43. The standard InChI is InChI=1S/C23H30N2O4S/c1-5-29-21-12-11-20(14-18(21)4)30(27,28)25-13-7-10-19(15-25)23(26)24-22-16(2)8-6-9-17(22)3/h6,8-9,11-12,14,19H,5,7,10,13,15H2,1-4H3,(H,24,26)/t19-/m0/s1. The van der Waals surface area contributed by atoms with E-state index in [1.165, 1.54) is 4.31 Å². The molecule has 0 aromatic heterocycles. The van der Waals surface area contributed by atoms with E-state index in [9.17, 15) is 13.2 Å². The van der Waals surface area contributed by atoms with Crippen molar-refractivity contribution in [2.24, 2.45) is 5.92 Å². The van der Waals surface area contributed by atoms with E-state index in [1.54, 1.807) is 18.2 Å². The molecular weight excluding hydrogens is 400 g/mol. The quantitative estimate of drug-likeness (QED) is 0.750. The molecule has 0 radical (unpaired) electrons. The first-order chi connectivity index (χ1) is 14.2. The van der Waals surface area contributed by atoms with Gasteiger partial charge in [0, 0.05) is 18.8 Å². The Morgan fingerprint density at radius 1 is 1.13 bits per heavy atom. The van der Waals surface area contributed by atoms with Crippen molar-refractivity contribution in [3.63, 3.8) is 0 Å². The predicted molar refractivity (Wildman–Crippen MR) is 118 cm³/mol. The molecular formula is C23H30N2O4S. The Labute approximate surface area is 179 Å². The van der Waals surface area contributed by atoms with Gasteiger partial charge in [-0.05, 0) is 75.4 Å². The summed E-state index contributed by atoms with van der Waals surface area (Å²) < 4.78 is 33.3. The van der Waals surface area contributed by atoms with Gasteiger partial charge in [0.15, 0.2) is 0 Å². The highest BCUT2D eigenvalue weighted by Crippen LogP contribution is 2.28. The van der Waals surface area contributed by atoms with E-state index in [1.807, 2.05) is 45.9 Å². The number of carbonyl (C=O) groups is 1. The number of benzene rings is 2. The molecule has 1 heterocycles. The Balaban J connectivity index is 1.76. The molecule has 30 heavy (non-hydrogen) atoms. The van der Waals surface area contributed by atoms with Crippen LogP contribution in [-0.4, -0.2) is 38.3 Å². The molecule has 0 bridgehead atoms. The van der Waals surface area contributed by atoms with E-state index in [-0.39, 0.29) is 23.3 Å². The summed E-state index contributed by atoms with van der Waals surface area (Å²) in [4.78, 5) is 13.1. The van der Waals surface area contributed by atoms with Crippen molar-refractivity contribution in [3.05, 3.63) is 53.1 Å². The molecule has 1 aliphatic rings. The number of anilines is 1. The average Bonchev–Trinajstić information content (AvgIpc) is 2.72. The van der Waals surface area contributed by atoms with Crippen LogP contribution < -0.4 is 10.1 Å². The number of ether oxygens (including phenoxy) is 1. The molecule has 3 rings (SSSR count). The number of hydrogen-bond acceptors (Lipinski definition) is 4. The van der Waals surface area contributed by atoms with Crippen molar-refractivity contribution in [1.29, 1.82) is 0 Å². The van der Waals surface area contributed by atoms with Crippen molar-refractivity contribution in [2.45, 2.75) is 45.4 Å². The zero-order valence-electron chi connectivity index (χ0n) is 18.1. The highest BCUT2D eigenvalue weighted by atomic mass is 32.2. The van der Waals surface area contributed by atoms with Gasteiger partial charge in [-0.25, -0.2) is 8.42 Å². The Kier molecular flexibility index (Phi) is 6.83. The number of rotatable bonds is 6. The van der Waals surface area contributed by atoms with E-state index in [2.05, 4.69) is 5.32 Å². The van der Waals surface area contributed by atoms with Gasteiger partial charge in [-0.3, -0.25) is 4.79 Å². The normalized spacial score (nSPS) is 17.5. The third-order valence-corrected chi connectivity index (χ3v) is 7.43. The fourth-order valence-electron chi connectivity index (χ4n) is 3.86. The van der Waals surface area contributed by atoms with Gasteiger partial charge in [0.05, 0.1) is 17.4 Å². The van der Waals surface area contributed by atoms with Crippen LogP contribution in [-0.2, 0) is 14.8 Å². The molecule has 6 nitrogen and oxygen atoms in total. The fourth-order valence-corrected chi connectivity index (χ4v) is 5.47. The van der Waals surface area contributed by atoms with Crippen LogP contribution in [0.4, 0.5) is 5.69 Å². The van der Waals surface area contributed by atoms with Crippen molar-refractivity contribution >= 4 is 21.6 Å². The van der Waals surface area contributed by atoms with Gasteiger partial charge in [-0.1, -0.05) is 18.2 Å². The molecule has 0 aliphatic carbocycles. The summed E-state index contributed by atoms with van der Waals surface area (Å²) in [6.07, 6.45) is 1.32. The predicted octanol–water partition coefficient (Wildman–Crippen LogP) is 4.05. The average molecular weight is 431 g/mol. The molecule has 1 aliphatic heterocycles. The smallest absolute Gasteiger partial charge is 0.243 e. The second kappa shape index (κ2) is 9.18. The van der Waals surface area contributed by atoms with Crippen molar-refractivity contribution < 1.29 is 17.9 Å². The van der Waals surface area contributed by atoms with E-state index >= 15 is 0 Å². The molecule has 2 aromatic carbocycles. The summed E-state index contributed by atoms with van der Waals surface area (Å²) in [6.45, 7) is 8.76. The van der Waals surface area contributed by atoms with Crippen molar-refractivity contribution in [2.75, 3.05) is 25.0 Å². The number of nitrogens with zero attached hydrogens (tertiary/aromatic N) is 1. The second-order valence-electron chi connectivity index (χ2n) is 7.82. The number of piperidine rings is 1. The topological polar surface area (TPSA) is 75.7 Å². The Morgan fingerprint density at radius 3 is 2.47 bits per heavy atom. The van der Waals surface area contributed by atoms with Crippen LogP contribution in [0, 0.1) is 26.7 Å². The van der Waals surface area contributed by atoms with Crippen LogP contribution in [0.15, 0.2) is 41.3 Å². The largest absolute Gasteiger partial charge is 0.494 e. The number of amides is 1. The van der Waals surface area contributed by atoms with E-state index < -0.39 is 10.0 Å². The van der Waals surface area contributed by atoms with E-state index in [0.29, 0.717) is 31.7 Å². The summed E-state index contributed by atoms with van der Waals surface area (Å²) in [5.41, 5.74) is 3.57. The molecule has 0 saturated carbocycles. The van der Waals surface area contributed by atoms with Crippen molar-refractivity contribution in [1.82, 2.24) is 4.31 Å². The molecule has 1 atom stereocenters. The lowest BCUT2D eigenvalue weighted by Gasteiger charge is -2.31. The second-order valence-corrected chi connectivity index (χ2v) is 9.76. The molecule has 1 N–H and O–H groups in total. The minimum absolute atomic E-state index is 0.129. The first kappa shape index (κ1) is 22.3. The number of nitrogens with one attached hydrogen (secondary N) is 1. The van der Waals surface area contributed by atoms with Gasteiger partial charge in [0.2, 0.25) is 15.9 Å². The summed E-state index contributed by atoms with van der Waals surface area (Å²) in [6, 6.07) is 10.8. The maximum absolute atomic E-state index is 13.2. The molecule has 7 heteroatoms. The van der Waals surface area contributed by atoms with Gasteiger partial charge in [-0.2, -0.15) is 4.31 Å². The minimum Gasteiger partial charge on any atom is -0.494 e. The highest BCUT2D eigenvalue weighted by Gasteiger charge is 2.33. The summed E-state index contributed by atoms with van der Waals surface area (Å²) in [7, 11) is -3.67. The first-order valence-electron chi connectivity index (χ1n) is 10.3. The van der Waals surface area contributed by atoms with Gasteiger partial charge in [0.1, 0.15) is 5.75 Å². The lowest BCUT2D eigenvalue weighted by atomic mass is 9.98. The highest BCUT2D eigenvalue weighted by molar-refractivity contribution is 7.89. The van der Waals surface area contributed by atoms with Crippen LogP contribution in [0.5, 0.6) is 5.75 Å². The van der Waals surface area contributed by atoms with Crippen LogP contribution in [0.1, 0.15) is 36.5 Å². The third-order valence-electron chi connectivity index (χ3n) is 5.57. The molecule has 1 saturated heterocycles. The fraction of sp³-hybridized carbons (Fsp3) is 0.435. The Hall–Kier alpha value is -2.38. The minimum atomic E-state index is -3.67. The third kappa shape index (κ3) is 4.68. The Bertz CT molecular complexity index is 1010. The molecule has 162 valence electrons. The summed E-state index contributed by atoms with van der Waals surface area (Å²) in [5.74, 6) is 0.174. The van der Waals surface area contributed by atoms with Gasteiger partial charge < -0.3 is 10.1 Å². The van der Waals surface area contributed by atoms with Crippen LogP contribution in [0.2, 0.25) is 0 Å². The number of carbonyl (C=O) groups excluding carboxylic acids is 1. The van der Waals surface area contributed by atoms with Gasteiger partial charge in [0.25, 0.3) is 0 Å². The molecule has 0 unspecified atom stereocenters. The van der Waals surface area contributed by atoms with Crippen LogP contribution in [0.3, 0.4) is 0 Å². The van der Waals surface area contributed by atoms with Crippen LogP contribution >= 0.6 is 0 Å². The van der Waals surface area contributed by atoms with Crippen LogP contribution in [0.25, 0.3) is 0 Å². The molecule has 0 spiro atoms. The molecule has 1 amide bonds. The SMILES string of the molecule is CCOc1ccc(S(=O)(=O)N2CCC[C@H](C(=O)Nc3c(C)cccc3C)C2)cc1C. The summed E-state index contributed by atoms with van der Waals surface area (Å²) in [5, 5.41) is 3.01. The first-order valence-corrected chi connectivity index (χ1v) is 11.8. The maximum atomic E-state index is 13.2. The maximum Gasteiger partial charge on any atom is 0.243 e. The van der Waals surface area contributed by atoms with E-state index in [0.717, 1.165) is 22.4 Å². The number of aryl methyl sites for hydroxylation is 3. The van der Waals surface area contributed by atoms with E-state index in [4.69, 9.17) is 4.74 Å². The Morgan fingerprint density at radius 2 is 1.83 bits per heavy atom. The van der Waals surface area contributed by atoms with Crippen molar-refractivity contribution in [3.8, 4) is 5.75 Å². The molecule has 2 aromatic rings. The monoisotopic (exact) mass is 430 g/mol. The summed E-state index contributed by atoms with van der Waals surface area (Å²) >= 11 is 0. The van der Waals surface area contributed by atoms with Gasteiger partial charge >= 0.3 is 0 Å². The lowest BCUT2D eigenvalue weighted by molar-refractivity contribution is -0.120.